The van der Waals surface area contributed by atoms with Gasteiger partial charge in [0.15, 0.2) is 5.96 Å². The van der Waals surface area contributed by atoms with Crippen LogP contribution in [0.4, 0.5) is 0 Å². The lowest BCUT2D eigenvalue weighted by molar-refractivity contribution is 0.368. The first-order valence-electron chi connectivity index (χ1n) is 8.95. The number of benzene rings is 1. The third-order valence-electron chi connectivity index (χ3n) is 4.20. The van der Waals surface area contributed by atoms with Gasteiger partial charge in [0.25, 0.3) is 0 Å². The number of aromatic nitrogens is 1. The van der Waals surface area contributed by atoms with Crippen LogP contribution in [0, 0.1) is 0 Å². The van der Waals surface area contributed by atoms with Crippen molar-refractivity contribution in [2.75, 3.05) is 41.5 Å². The van der Waals surface area contributed by atoms with Crippen molar-refractivity contribution in [1.29, 1.82) is 0 Å². The second kappa shape index (κ2) is 13.3. The van der Waals surface area contributed by atoms with E-state index in [0.717, 1.165) is 41.6 Å². The molecule has 2 N–H and O–H groups in total. The molecule has 0 saturated heterocycles. The molecule has 1 aromatic carbocycles. The van der Waals surface area contributed by atoms with E-state index in [0.29, 0.717) is 23.9 Å². The molecule has 0 aliphatic carbocycles. The molecular weight excluding hydrogens is 507 g/mol. The van der Waals surface area contributed by atoms with Crippen LogP contribution in [0.25, 0.3) is 0 Å². The predicted octanol–water partition coefficient (Wildman–Crippen LogP) is 3.33. The minimum Gasteiger partial charge on any atom is -0.496 e. The van der Waals surface area contributed by atoms with Gasteiger partial charge in [-0.25, -0.2) is 4.98 Å². The van der Waals surface area contributed by atoms with Crippen LogP contribution in [-0.4, -0.2) is 52.4 Å². The van der Waals surface area contributed by atoms with Crippen LogP contribution in [0.2, 0.25) is 5.15 Å². The van der Waals surface area contributed by atoms with Crippen LogP contribution >= 0.6 is 35.6 Å². The maximum atomic E-state index is 5.81. The van der Waals surface area contributed by atoms with Crippen molar-refractivity contribution >= 4 is 41.5 Å². The van der Waals surface area contributed by atoms with Gasteiger partial charge in [0.2, 0.25) is 0 Å². The zero-order chi connectivity index (χ0) is 20.4. The van der Waals surface area contributed by atoms with Crippen molar-refractivity contribution < 1.29 is 14.2 Å². The summed E-state index contributed by atoms with van der Waals surface area (Å²) in [6, 6.07) is 7.46. The van der Waals surface area contributed by atoms with E-state index in [1.165, 1.54) is 0 Å². The molecule has 2 aromatic rings. The van der Waals surface area contributed by atoms with Gasteiger partial charge in [-0.3, -0.25) is 4.99 Å². The number of aliphatic imine (C=N–C) groups is 1. The number of rotatable bonds is 9. The summed E-state index contributed by atoms with van der Waals surface area (Å²) in [4.78, 5) is 8.34. The van der Waals surface area contributed by atoms with Gasteiger partial charge in [-0.1, -0.05) is 17.7 Å². The van der Waals surface area contributed by atoms with E-state index in [-0.39, 0.29) is 24.0 Å². The average molecular weight is 535 g/mol. The maximum Gasteiger partial charge on any atom is 0.190 e. The fourth-order valence-corrected chi connectivity index (χ4v) is 2.84. The summed E-state index contributed by atoms with van der Waals surface area (Å²) in [6.07, 6.45) is 3.31. The normalized spacial score (nSPS) is 10.7. The smallest absolute Gasteiger partial charge is 0.190 e. The van der Waals surface area contributed by atoms with E-state index >= 15 is 0 Å². The first-order valence-corrected chi connectivity index (χ1v) is 9.32. The highest BCUT2D eigenvalue weighted by Gasteiger charge is 2.13. The highest BCUT2D eigenvalue weighted by molar-refractivity contribution is 14.0. The predicted molar refractivity (Wildman–Crippen MR) is 128 cm³/mol. The number of ether oxygens (including phenoxy) is 3. The summed E-state index contributed by atoms with van der Waals surface area (Å²) in [5.74, 6) is 2.89. The van der Waals surface area contributed by atoms with Crippen molar-refractivity contribution in [1.82, 2.24) is 15.6 Å². The van der Waals surface area contributed by atoms with E-state index in [4.69, 9.17) is 25.8 Å². The molecular formula is C20H28ClIN4O3. The van der Waals surface area contributed by atoms with Gasteiger partial charge >= 0.3 is 0 Å². The Morgan fingerprint density at radius 2 is 1.62 bits per heavy atom. The highest BCUT2D eigenvalue weighted by Crippen LogP contribution is 2.34. The molecule has 9 heteroatoms. The van der Waals surface area contributed by atoms with Gasteiger partial charge in [-0.15, -0.1) is 24.0 Å². The lowest BCUT2D eigenvalue weighted by atomic mass is 10.1. The fraction of sp³-hybridized carbons (Fsp3) is 0.400. The zero-order valence-corrected chi connectivity index (χ0v) is 20.2. The monoisotopic (exact) mass is 534 g/mol. The van der Waals surface area contributed by atoms with Crippen LogP contribution in [0.3, 0.4) is 0 Å². The van der Waals surface area contributed by atoms with Gasteiger partial charge in [-0.05, 0) is 24.5 Å². The number of halogens is 2. The molecule has 29 heavy (non-hydrogen) atoms. The lowest BCUT2D eigenvalue weighted by Gasteiger charge is -2.16. The second-order valence-corrected chi connectivity index (χ2v) is 6.31. The molecule has 2 rings (SSSR count). The molecule has 0 aliphatic rings. The molecule has 0 saturated carbocycles. The van der Waals surface area contributed by atoms with Gasteiger partial charge in [0.05, 0.1) is 21.3 Å². The van der Waals surface area contributed by atoms with Crippen molar-refractivity contribution in [2.45, 2.75) is 12.8 Å². The largest absolute Gasteiger partial charge is 0.496 e. The van der Waals surface area contributed by atoms with E-state index in [1.807, 2.05) is 18.2 Å². The van der Waals surface area contributed by atoms with E-state index < -0.39 is 0 Å². The van der Waals surface area contributed by atoms with Crippen molar-refractivity contribution in [3.05, 3.63) is 46.7 Å². The minimum atomic E-state index is 0. The highest BCUT2D eigenvalue weighted by atomic mass is 127. The van der Waals surface area contributed by atoms with Gasteiger partial charge in [0, 0.05) is 44.0 Å². The maximum absolute atomic E-state index is 5.81. The molecule has 160 valence electrons. The van der Waals surface area contributed by atoms with Crippen LogP contribution in [0.1, 0.15) is 11.1 Å². The molecule has 0 fully saturated rings. The summed E-state index contributed by atoms with van der Waals surface area (Å²) in [7, 11) is 6.63. The summed E-state index contributed by atoms with van der Waals surface area (Å²) in [5.41, 5.74) is 2.08. The number of pyridine rings is 1. The number of methoxy groups -OCH3 is 3. The number of nitrogens with zero attached hydrogens (tertiary/aromatic N) is 2. The third-order valence-corrected chi connectivity index (χ3v) is 4.43. The number of nitrogens with one attached hydrogen (secondary N) is 2. The Morgan fingerprint density at radius 3 is 2.10 bits per heavy atom. The Labute approximate surface area is 194 Å². The molecule has 0 spiro atoms. The molecule has 0 atom stereocenters. The van der Waals surface area contributed by atoms with Crippen molar-refractivity contribution in [2.24, 2.45) is 4.99 Å². The number of guanidine groups is 1. The number of hydrogen-bond acceptors (Lipinski definition) is 5. The van der Waals surface area contributed by atoms with E-state index in [1.54, 1.807) is 40.6 Å². The standard InChI is InChI=1S/C20H27ClN4O3.HI/c1-22-20(23-9-7-14-5-6-19(21)25-13-14)24-10-8-16-17(27-3)11-15(26-2)12-18(16)28-4;/h5-6,11-13H,7-10H2,1-4H3,(H2,22,23,24);1H. The van der Waals surface area contributed by atoms with E-state index in [2.05, 4.69) is 20.6 Å². The van der Waals surface area contributed by atoms with Crippen LogP contribution in [0.5, 0.6) is 17.2 Å². The molecule has 0 unspecified atom stereocenters. The summed E-state index contributed by atoms with van der Waals surface area (Å²) < 4.78 is 16.3. The Kier molecular flexibility index (Phi) is 11.5. The minimum absolute atomic E-state index is 0. The summed E-state index contributed by atoms with van der Waals surface area (Å²) in [6.45, 7) is 1.40. The molecule has 1 heterocycles. The van der Waals surface area contributed by atoms with Crippen LogP contribution < -0.4 is 24.8 Å². The Balaban J connectivity index is 0.00000420. The summed E-state index contributed by atoms with van der Waals surface area (Å²) >= 11 is 5.81. The fourth-order valence-electron chi connectivity index (χ4n) is 2.73. The average Bonchev–Trinajstić information content (AvgIpc) is 2.73. The SMILES string of the molecule is CN=C(NCCc1ccc(Cl)nc1)NCCc1c(OC)cc(OC)cc1OC.I. The Morgan fingerprint density at radius 1 is 1.00 bits per heavy atom. The van der Waals surface area contributed by atoms with Crippen molar-refractivity contribution in [3.63, 3.8) is 0 Å². The Bertz CT molecular complexity index is 763. The topological polar surface area (TPSA) is 77.0 Å². The quantitative estimate of drug-likeness (QED) is 0.222. The zero-order valence-electron chi connectivity index (χ0n) is 17.1. The molecule has 1 aromatic heterocycles. The molecule has 7 nitrogen and oxygen atoms in total. The summed E-state index contributed by atoms with van der Waals surface area (Å²) in [5, 5.41) is 7.09. The lowest BCUT2D eigenvalue weighted by Crippen LogP contribution is -2.39. The molecule has 0 aliphatic heterocycles. The van der Waals surface area contributed by atoms with Gasteiger partial charge in [0.1, 0.15) is 22.4 Å². The first kappa shape index (κ1) is 25.1. The molecule has 0 bridgehead atoms. The van der Waals surface area contributed by atoms with E-state index in [9.17, 15) is 0 Å². The third kappa shape index (κ3) is 7.77. The molecule has 0 radical (unpaired) electrons. The first-order chi connectivity index (χ1) is 13.6. The Hall–Kier alpha value is -1.94. The number of hydrogen-bond donors (Lipinski definition) is 2. The molecule has 0 amide bonds. The van der Waals surface area contributed by atoms with Gasteiger partial charge in [-0.2, -0.15) is 0 Å². The van der Waals surface area contributed by atoms with Crippen LogP contribution in [0.15, 0.2) is 35.5 Å². The van der Waals surface area contributed by atoms with Crippen molar-refractivity contribution in [3.8, 4) is 17.2 Å². The van der Waals surface area contributed by atoms with Gasteiger partial charge < -0.3 is 24.8 Å². The second-order valence-electron chi connectivity index (χ2n) is 5.93. The van der Waals surface area contributed by atoms with Crippen LogP contribution in [-0.2, 0) is 12.8 Å².